The second-order valence-electron chi connectivity index (χ2n) is 13.3. The Bertz CT molecular complexity index is 1270. The third kappa shape index (κ3) is 5.89. The van der Waals surface area contributed by atoms with E-state index in [2.05, 4.69) is 20.1 Å². The van der Waals surface area contributed by atoms with Crippen LogP contribution in [0.15, 0.2) is 49.6 Å². The maximum absolute atomic E-state index is 14.9. The molecular weight excluding hydrogens is 582 g/mol. The second-order valence-corrected chi connectivity index (χ2v) is 13.3. The number of fused-ring (bicyclic) bond motifs is 1. The maximum Gasteiger partial charge on any atom is 0.248 e. The zero-order valence-corrected chi connectivity index (χ0v) is 28.7. The Morgan fingerprint density at radius 3 is 2.30 bits per heavy atom. The molecule has 3 aliphatic rings. The van der Waals surface area contributed by atoms with Gasteiger partial charge in [0.2, 0.25) is 17.7 Å². The standard InChI is InChI=1S/C37H55N3O6/c1-9-15-26(8)38(22-10-2)35(44)32-37-21-20-36(13-5,46-37)30(31(37)34(43)40(32)29(24-41)25(7)12-4)33(42)39(23-11-3)27-16-18-28(19-17-27)45-14-6/h10-11,16-19,25-26,29-32,41H,2-3,9,12-15,20-24H2,1,4-8H3/t25-,26?,29-,30+,31-,32?,36-,37?/m0/s1. The highest BCUT2D eigenvalue weighted by Gasteiger charge is 2.79. The number of ether oxygens (including phenoxy) is 2. The van der Waals surface area contributed by atoms with Gasteiger partial charge in [0.15, 0.2) is 0 Å². The molecule has 0 aliphatic carbocycles. The zero-order chi connectivity index (χ0) is 33.8. The number of carbonyl (C=O) groups excluding carboxylic acids is 3. The summed E-state index contributed by atoms with van der Waals surface area (Å²) in [5.74, 6) is -1.73. The summed E-state index contributed by atoms with van der Waals surface area (Å²) in [5.41, 5.74) is -1.41. The lowest BCUT2D eigenvalue weighted by molar-refractivity contribution is -0.158. The number of hydrogen-bond donors (Lipinski definition) is 1. The Balaban J connectivity index is 1.86. The molecule has 3 heterocycles. The van der Waals surface area contributed by atoms with E-state index in [-0.39, 0.29) is 42.8 Å². The summed E-state index contributed by atoms with van der Waals surface area (Å²) in [4.78, 5) is 49.8. The number of nitrogens with zero attached hydrogens (tertiary/aromatic N) is 3. The first-order valence-electron chi connectivity index (χ1n) is 17.3. The average Bonchev–Trinajstić information content (AvgIpc) is 3.66. The van der Waals surface area contributed by atoms with Crippen LogP contribution < -0.4 is 9.64 Å². The molecule has 1 aromatic rings. The molecule has 0 radical (unpaired) electrons. The zero-order valence-electron chi connectivity index (χ0n) is 28.7. The summed E-state index contributed by atoms with van der Waals surface area (Å²) in [5, 5.41) is 10.7. The summed E-state index contributed by atoms with van der Waals surface area (Å²) >= 11 is 0. The smallest absolute Gasteiger partial charge is 0.248 e. The molecule has 3 unspecified atom stereocenters. The van der Waals surface area contributed by atoms with Gasteiger partial charge in [0.05, 0.1) is 36.7 Å². The monoisotopic (exact) mass is 637 g/mol. The summed E-state index contributed by atoms with van der Waals surface area (Å²) in [6.45, 7) is 20.7. The molecule has 3 fully saturated rings. The van der Waals surface area contributed by atoms with Gasteiger partial charge in [0.1, 0.15) is 17.4 Å². The third-order valence-electron chi connectivity index (χ3n) is 10.8. The number of carbonyl (C=O) groups is 3. The molecule has 3 saturated heterocycles. The van der Waals surface area contributed by atoms with Crippen molar-refractivity contribution in [3.05, 3.63) is 49.6 Å². The molecule has 0 aromatic heterocycles. The van der Waals surface area contributed by atoms with Gasteiger partial charge in [-0.1, -0.05) is 52.7 Å². The largest absolute Gasteiger partial charge is 0.494 e. The van der Waals surface area contributed by atoms with Crippen molar-refractivity contribution in [3.8, 4) is 5.75 Å². The van der Waals surface area contributed by atoms with Crippen LogP contribution in [-0.4, -0.2) is 88.3 Å². The van der Waals surface area contributed by atoms with Crippen LogP contribution in [0.2, 0.25) is 0 Å². The molecule has 9 heteroatoms. The lowest BCUT2D eigenvalue weighted by Gasteiger charge is -2.42. The minimum Gasteiger partial charge on any atom is -0.494 e. The SMILES string of the molecule is C=CCN(C(=O)[C@H]1[C@H]2C(=O)N([C@@H](CO)[C@@H](C)CC)C(C(=O)N(CC=C)C(C)CCC)C23CC[C@]1(CC)O3)c1ccc(OCC)cc1. The highest BCUT2D eigenvalue weighted by molar-refractivity contribution is 6.03. The Morgan fingerprint density at radius 1 is 1.09 bits per heavy atom. The predicted octanol–water partition coefficient (Wildman–Crippen LogP) is 5.37. The Kier molecular flexibility index (Phi) is 11.4. The molecule has 3 amide bonds. The third-order valence-corrected chi connectivity index (χ3v) is 10.8. The fourth-order valence-electron chi connectivity index (χ4n) is 8.35. The number of aliphatic hydroxyl groups is 1. The molecule has 2 bridgehead atoms. The van der Waals surface area contributed by atoms with Gasteiger partial charge in [-0.25, -0.2) is 0 Å². The first-order chi connectivity index (χ1) is 22.1. The van der Waals surface area contributed by atoms with Crippen molar-refractivity contribution >= 4 is 23.4 Å². The van der Waals surface area contributed by atoms with Crippen LogP contribution in [0.25, 0.3) is 0 Å². The van der Waals surface area contributed by atoms with Gasteiger partial charge in [-0.15, -0.1) is 13.2 Å². The summed E-state index contributed by atoms with van der Waals surface area (Å²) in [6.07, 6.45) is 7.37. The average molecular weight is 638 g/mol. The van der Waals surface area contributed by atoms with E-state index < -0.39 is 35.1 Å². The topological polar surface area (TPSA) is 99.6 Å². The number of hydrogen-bond acceptors (Lipinski definition) is 6. The normalized spacial score (nSPS) is 28.4. The predicted molar refractivity (Wildman–Crippen MR) is 180 cm³/mol. The molecule has 8 atom stereocenters. The van der Waals surface area contributed by atoms with Crippen molar-refractivity contribution in [3.63, 3.8) is 0 Å². The van der Waals surface area contributed by atoms with Gasteiger partial charge in [-0.2, -0.15) is 0 Å². The summed E-state index contributed by atoms with van der Waals surface area (Å²) < 4.78 is 12.7. The Labute approximate surface area is 275 Å². The van der Waals surface area contributed by atoms with E-state index in [1.807, 2.05) is 58.9 Å². The van der Waals surface area contributed by atoms with Gasteiger partial charge >= 0.3 is 0 Å². The van der Waals surface area contributed by atoms with E-state index in [1.165, 1.54) is 0 Å². The van der Waals surface area contributed by atoms with Gasteiger partial charge in [-0.05, 0) is 69.7 Å². The maximum atomic E-state index is 14.9. The van der Waals surface area contributed by atoms with Gasteiger partial charge in [0.25, 0.3) is 0 Å². The van der Waals surface area contributed by atoms with E-state index in [4.69, 9.17) is 9.47 Å². The summed E-state index contributed by atoms with van der Waals surface area (Å²) in [7, 11) is 0. The van der Waals surface area contributed by atoms with Crippen molar-refractivity contribution < 1.29 is 29.0 Å². The second kappa shape index (κ2) is 14.7. The van der Waals surface area contributed by atoms with Gasteiger partial charge in [0, 0.05) is 24.8 Å². The van der Waals surface area contributed by atoms with E-state index in [0.717, 1.165) is 12.8 Å². The Hall–Kier alpha value is -3.17. The van der Waals surface area contributed by atoms with Crippen LogP contribution in [0.1, 0.15) is 80.1 Å². The lowest BCUT2D eigenvalue weighted by Crippen LogP contribution is -2.61. The number of aliphatic hydroxyl groups excluding tert-OH is 1. The minimum atomic E-state index is -1.19. The van der Waals surface area contributed by atoms with Crippen molar-refractivity contribution in [2.75, 3.05) is 31.2 Å². The first-order valence-corrected chi connectivity index (χ1v) is 17.3. The molecule has 1 N–H and O–H groups in total. The number of amides is 3. The molecule has 1 aromatic carbocycles. The molecule has 46 heavy (non-hydrogen) atoms. The molecule has 1 spiro atoms. The molecule has 4 rings (SSSR count). The number of rotatable bonds is 17. The molecule has 9 nitrogen and oxygen atoms in total. The fraction of sp³-hybridized carbons (Fsp3) is 0.649. The van der Waals surface area contributed by atoms with Gasteiger partial charge < -0.3 is 29.3 Å². The highest BCUT2D eigenvalue weighted by Crippen LogP contribution is 2.65. The lowest BCUT2D eigenvalue weighted by atomic mass is 9.64. The van der Waals surface area contributed by atoms with E-state index in [0.29, 0.717) is 50.3 Å². The van der Waals surface area contributed by atoms with Crippen molar-refractivity contribution in [1.29, 1.82) is 0 Å². The van der Waals surface area contributed by atoms with Crippen LogP contribution in [0, 0.1) is 17.8 Å². The number of likely N-dealkylation sites (tertiary alicyclic amines) is 1. The highest BCUT2D eigenvalue weighted by atomic mass is 16.5. The number of benzene rings is 1. The number of anilines is 1. The first kappa shape index (κ1) is 35.7. The van der Waals surface area contributed by atoms with Crippen LogP contribution in [0.5, 0.6) is 5.75 Å². The van der Waals surface area contributed by atoms with Crippen LogP contribution >= 0.6 is 0 Å². The molecule has 0 saturated carbocycles. The fourth-order valence-corrected chi connectivity index (χ4v) is 8.35. The van der Waals surface area contributed by atoms with Crippen molar-refractivity contribution in [1.82, 2.24) is 9.80 Å². The van der Waals surface area contributed by atoms with E-state index >= 15 is 0 Å². The molecule has 3 aliphatic heterocycles. The quantitative estimate of drug-likeness (QED) is 0.231. The minimum absolute atomic E-state index is 0.0759. The van der Waals surface area contributed by atoms with Crippen LogP contribution in [0.4, 0.5) is 5.69 Å². The molecular formula is C37H55N3O6. The molecule has 254 valence electrons. The van der Waals surface area contributed by atoms with Crippen molar-refractivity contribution in [2.24, 2.45) is 17.8 Å². The van der Waals surface area contributed by atoms with Crippen LogP contribution in [0.3, 0.4) is 0 Å². The van der Waals surface area contributed by atoms with Crippen molar-refractivity contribution in [2.45, 2.75) is 109 Å². The van der Waals surface area contributed by atoms with E-state index in [1.54, 1.807) is 26.9 Å². The van der Waals surface area contributed by atoms with Gasteiger partial charge in [-0.3, -0.25) is 14.4 Å². The Morgan fingerprint density at radius 2 is 1.76 bits per heavy atom. The van der Waals surface area contributed by atoms with Crippen LogP contribution in [-0.2, 0) is 19.1 Å². The summed E-state index contributed by atoms with van der Waals surface area (Å²) in [6, 6.07) is 5.71. The van der Waals surface area contributed by atoms with E-state index in [9.17, 15) is 19.5 Å².